The number of carbonyl (C=O) groups is 1. The molecule has 0 aliphatic heterocycles. The minimum atomic E-state index is 0.157. The van der Waals surface area contributed by atoms with Gasteiger partial charge in [-0.2, -0.15) is 0 Å². The lowest BCUT2D eigenvalue weighted by Gasteiger charge is -2.19. The van der Waals surface area contributed by atoms with E-state index in [2.05, 4.69) is 39.9 Å². The van der Waals surface area contributed by atoms with Crippen LogP contribution in [0.3, 0.4) is 0 Å². The molecule has 1 amide bonds. The van der Waals surface area contributed by atoms with Gasteiger partial charge in [0.1, 0.15) is 0 Å². The summed E-state index contributed by atoms with van der Waals surface area (Å²) in [5.74, 6) is 1.04. The standard InChI is InChI=1S/C15H31NO/c1-12(2)9-11-16-14(17)13(3)8-7-10-15(4,5)6/h12-13H,7-11H2,1-6H3,(H,16,17). The Morgan fingerprint density at radius 3 is 2.18 bits per heavy atom. The second kappa shape index (κ2) is 7.73. The average Bonchev–Trinajstić information content (AvgIpc) is 2.14. The van der Waals surface area contributed by atoms with Gasteiger partial charge in [-0.3, -0.25) is 4.79 Å². The maximum atomic E-state index is 11.8. The minimum Gasteiger partial charge on any atom is -0.356 e. The highest BCUT2D eigenvalue weighted by molar-refractivity contribution is 5.78. The van der Waals surface area contributed by atoms with Crippen LogP contribution in [0.2, 0.25) is 0 Å². The zero-order valence-electron chi connectivity index (χ0n) is 12.6. The van der Waals surface area contributed by atoms with E-state index >= 15 is 0 Å². The number of amides is 1. The monoisotopic (exact) mass is 241 g/mol. The van der Waals surface area contributed by atoms with Crippen LogP contribution in [0.4, 0.5) is 0 Å². The van der Waals surface area contributed by atoms with E-state index in [0.29, 0.717) is 11.3 Å². The van der Waals surface area contributed by atoms with Crippen molar-refractivity contribution in [1.82, 2.24) is 5.32 Å². The number of rotatable bonds is 7. The van der Waals surface area contributed by atoms with Gasteiger partial charge in [0, 0.05) is 12.5 Å². The third kappa shape index (κ3) is 10.3. The van der Waals surface area contributed by atoms with Crippen molar-refractivity contribution in [2.24, 2.45) is 17.3 Å². The Labute approximate surface area is 108 Å². The molecule has 0 aromatic carbocycles. The fourth-order valence-corrected chi connectivity index (χ4v) is 1.73. The van der Waals surface area contributed by atoms with Gasteiger partial charge in [0.2, 0.25) is 5.91 Å². The molecule has 1 N–H and O–H groups in total. The van der Waals surface area contributed by atoms with Crippen molar-refractivity contribution in [1.29, 1.82) is 0 Å². The lowest BCUT2D eigenvalue weighted by atomic mass is 9.88. The summed E-state index contributed by atoms with van der Waals surface area (Å²) in [5.41, 5.74) is 0.383. The number of hydrogen-bond acceptors (Lipinski definition) is 1. The molecule has 102 valence electrons. The molecule has 17 heavy (non-hydrogen) atoms. The molecule has 0 aromatic rings. The van der Waals surface area contributed by atoms with Gasteiger partial charge in [-0.15, -0.1) is 0 Å². The summed E-state index contributed by atoms with van der Waals surface area (Å²) in [4.78, 5) is 11.8. The first kappa shape index (κ1) is 16.5. The van der Waals surface area contributed by atoms with E-state index in [0.717, 1.165) is 25.8 Å². The van der Waals surface area contributed by atoms with Gasteiger partial charge in [0.05, 0.1) is 0 Å². The van der Waals surface area contributed by atoms with Crippen molar-refractivity contribution >= 4 is 5.91 Å². The van der Waals surface area contributed by atoms with Crippen molar-refractivity contribution in [2.45, 2.75) is 67.2 Å². The summed E-state index contributed by atoms with van der Waals surface area (Å²) >= 11 is 0. The summed E-state index contributed by atoms with van der Waals surface area (Å²) in [5, 5.41) is 3.02. The predicted octanol–water partition coefficient (Wildman–Crippen LogP) is 4.00. The first-order valence-corrected chi connectivity index (χ1v) is 7.00. The van der Waals surface area contributed by atoms with Crippen molar-refractivity contribution in [3.8, 4) is 0 Å². The molecular weight excluding hydrogens is 210 g/mol. The maximum Gasteiger partial charge on any atom is 0.222 e. The Morgan fingerprint density at radius 1 is 1.12 bits per heavy atom. The molecule has 0 rings (SSSR count). The third-order valence-corrected chi connectivity index (χ3v) is 3.03. The van der Waals surface area contributed by atoms with Crippen LogP contribution in [-0.2, 0) is 4.79 Å². The quantitative estimate of drug-likeness (QED) is 0.717. The third-order valence-electron chi connectivity index (χ3n) is 3.03. The largest absolute Gasteiger partial charge is 0.356 e. The molecule has 0 fully saturated rings. The number of hydrogen-bond donors (Lipinski definition) is 1. The molecule has 0 aromatic heterocycles. The average molecular weight is 241 g/mol. The molecule has 0 spiro atoms. The van der Waals surface area contributed by atoms with Gasteiger partial charge >= 0.3 is 0 Å². The van der Waals surface area contributed by atoms with Gasteiger partial charge in [0.25, 0.3) is 0 Å². The van der Waals surface area contributed by atoms with Crippen LogP contribution < -0.4 is 5.32 Å². The van der Waals surface area contributed by atoms with Crippen LogP contribution in [0.15, 0.2) is 0 Å². The fraction of sp³-hybridized carbons (Fsp3) is 0.933. The summed E-state index contributed by atoms with van der Waals surface area (Å²) in [6, 6.07) is 0. The summed E-state index contributed by atoms with van der Waals surface area (Å²) in [7, 11) is 0. The molecule has 0 bridgehead atoms. The van der Waals surface area contributed by atoms with Crippen molar-refractivity contribution in [2.75, 3.05) is 6.54 Å². The maximum absolute atomic E-state index is 11.8. The molecule has 0 radical (unpaired) electrons. The van der Waals surface area contributed by atoms with Gasteiger partial charge in [-0.1, -0.05) is 48.0 Å². The van der Waals surface area contributed by atoms with Crippen LogP contribution in [0.1, 0.15) is 67.2 Å². The molecule has 2 heteroatoms. The van der Waals surface area contributed by atoms with Crippen LogP contribution in [0.5, 0.6) is 0 Å². The minimum absolute atomic E-state index is 0.157. The van der Waals surface area contributed by atoms with E-state index in [1.807, 2.05) is 6.92 Å². The predicted molar refractivity (Wildman–Crippen MR) is 74.9 cm³/mol. The Bertz CT molecular complexity index is 215. The number of carbonyl (C=O) groups excluding carboxylic acids is 1. The van der Waals surface area contributed by atoms with Gasteiger partial charge in [-0.25, -0.2) is 0 Å². The smallest absolute Gasteiger partial charge is 0.222 e. The summed E-state index contributed by atoms with van der Waals surface area (Å²) in [6.45, 7) is 14.0. The lowest BCUT2D eigenvalue weighted by Crippen LogP contribution is -2.30. The van der Waals surface area contributed by atoms with E-state index in [-0.39, 0.29) is 11.8 Å². The normalized spacial score (nSPS) is 13.8. The fourth-order valence-electron chi connectivity index (χ4n) is 1.73. The zero-order valence-corrected chi connectivity index (χ0v) is 12.6. The Kier molecular flexibility index (Phi) is 7.49. The Hall–Kier alpha value is -0.530. The molecule has 1 unspecified atom stereocenters. The first-order valence-electron chi connectivity index (χ1n) is 7.00. The van der Waals surface area contributed by atoms with Crippen molar-refractivity contribution < 1.29 is 4.79 Å². The van der Waals surface area contributed by atoms with Crippen LogP contribution in [-0.4, -0.2) is 12.5 Å². The van der Waals surface area contributed by atoms with E-state index < -0.39 is 0 Å². The van der Waals surface area contributed by atoms with Gasteiger partial charge < -0.3 is 5.32 Å². The molecule has 0 heterocycles. The molecule has 0 aliphatic rings. The van der Waals surface area contributed by atoms with E-state index in [1.54, 1.807) is 0 Å². The van der Waals surface area contributed by atoms with Gasteiger partial charge in [-0.05, 0) is 30.6 Å². The summed E-state index contributed by atoms with van der Waals surface area (Å²) in [6.07, 6.45) is 4.41. The Balaban J connectivity index is 3.68. The molecule has 1 atom stereocenters. The highest BCUT2D eigenvalue weighted by atomic mass is 16.1. The SMILES string of the molecule is CC(C)CCNC(=O)C(C)CCCC(C)(C)C. The molecule has 2 nitrogen and oxygen atoms in total. The van der Waals surface area contributed by atoms with E-state index in [9.17, 15) is 4.79 Å². The second-order valence-corrected chi connectivity index (χ2v) is 6.83. The molecular formula is C15H31NO. The number of nitrogens with one attached hydrogen (secondary N) is 1. The second-order valence-electron chi connectivity index (χ2n) is 6.83. The highest BCUT2D eigenvalue weighted by Crippen LogP contribution is 2.23. The van der Waals surface area contributed by atoms with Crippen LogP contribution >= 0.6 is 0 Å². The highest BCUT2D eigenvalue weighted by Gasteiger charge is 2.15. The Morgan fingerprint density at radius 2 is 1.71 bits per heavy atom. The lowest BCUT2D eigenvalue weighted by molar-refractivity contribution is -0.124. The molecule has 0 aliphatic carbocycles. The van der Waals surface area contributed by atoms with Crippen LogP contribution in [0.25, 0.3) is 0 Å². The first-order chi connectivity index (χ1) is 7.72. The van der Waals surface area contributed by atoms with Crippen LogP contribution in [0, 0.1) is 17.3 Å². The topological polar surface area (TPSA) is 29.1 Å². The van der Waals surface area contributed by atoms with E-state index in [4.69, 9.17) is 0 Å². The molecule has 0 saturated heterocycles. The summed E-state index contributed by atoms with van der Waals surface area (Å²) < 4.78 is 0. The van der Waals surface area contributed by atoms with Crippen molar-refractivity contribution in [3.63, 3.8) is 0 Å². The van der Waals surface area contributed by atoms with Crippen molar-refractivity contribution in [3.05, 3.63) is 0 Å². The van der Waals surface area contributed by atoms with E-state index in [1.165, 1.54) is 6.42 Å². The molecule has 0 saturated carbocycles. The van der Waals surface area contributed by atoms with Gasteiger partial charge in [0.15, 0.2) is 0 Å². The zero-order chi connectivity index (χ0) is 13.5.